The van der Waals surface area contributed by atoms with Crippen molar-refractivity contribution in [2.24, 2.45) is 0 Å². The fraction of sp³-hybridized carbons (Fsp3) is 0.182. The first kappa shape index (κ1) is 23.3. The molecule has 2 N–H and O–H groups in total. The van der Waals surface area contributed by atoms with Crippen molar-refractivity contribution in [2.45, 2.75) is 19.8 Å². The van der Waals surface area contributed by atoms with Gasteiger partial charge in [-0.25, -0.2) is 0 Å². The summed E-state index contributed by atoms with van der Waals surface area (Å²) in [7, 11) is 0. The molecule has 0 atom stereocenters. The van der Waals surface area contributed by atoms with E-state index in [1.165, 1.54) is 16.2 Å². The molecular formula is C22H19Br2NO5S. The molecule has 3 aromatic rings. The molecule has 0 saturated heterocycles. The van der Waals surface area contributed by atoms with E-state index in [4.69, 9.17) is 4.74 Å². The van der Waals surface area contributed by atoms with Crippen LogP contribution >= 0.6 is 43.2 Å². The standard InChI is InChI=1S/C22H19Br2NO5S/c1-12(2)15-10-14(5-6-18(15)26)30-21-16(23)8-13(9-17(21)24)25(11-20(27)28)22(29)19-4-3-7-31-19/h3-10,12,26H,11H2,1-2H3,(H,27,28). The number of halogens is 2. The van der Waals surface area contributed by atoms with Crippen LogP contribution in [0.1, 0.15) is 35.0 Å². The number of aromatic hydroxyl groups is 1. The van der Waals surface area contributed by atoms with Crippen LogP contribution in [-0.2, 0) is 4.79 Å². The number of carboxylic acid groups (broad SMARTS) is 1. The molecule has 0 bridgehead atoms. The van der Waals surface area contributed by atoms with Gasteiger partial charge in [0.1, 0.15) is 18.0 Å². The lowest BCUT2D eigenvalue weighted by Crippen LogP contribution is -2.35. The van der Waals surface area contributed by atoms with Crippen LogP contribution in [-0.4, -0.2) is 28.6 Å². The summed E-state index contributed by atoms with van der Waals surface area (Å²) in [4.78, 5) is 25.9. The second-order valence-electron chi connectivity index (χ2n) is 6.98. The molecule has 31 heavy (non-hydrogen) atoms. The molecule has 1 heterocycles. The summed E-state index contributed by atoms with van der Waals surface area (Å²) >= 11 is 8.17. The van der Waals surface area contributed by atoms with Gasteiger partial charge in [-0.3, -0.25) is 14.5 Å². The number of nitrogens with zero attached hydrogens (tertiary/aromatic N) is 1. The van der Waals surface area contributed by atoms with Gasteiger partial charge >= 0.3 is 5.97 Å². The van der Waals surface area contributed by atoms with Crippen molar-refractivity contribution in [3.05, 3.63) is 67.2 Å². The molecule has 0 aliphatic rings. The molecule has 1 aromatic heterocycles. The first-order valence-electron chi connectivity index (χ1n) is 9.24. The van der Waals surface area contributed by atoms with Gasteiger partial charge < -0.3 is 14.9 Å². The normalized spacial score (nSPS) is 10.9. The van der Waals surface area contributed by atoms with Gasteiger partial charge in [0.15, 0.2) is 5.75 Å². The molecule has 2 aromatic carbocycles. The number of ether oxygens (including phenoxy) is 1. The van der Waals surface area contributed by atoms with Gasteiger partial charge in [-0.1, -0.05) is 19.9 Å². The Labute approximate surface area is 200 Å². The number of carboxylic acids is 1. The molecule has 9 heteroatoms. The second-order valence-corrected chi connectivity index (χ2v) is 9.63. The zero-order chi connectivity index (χ0) is 22.7. The number of amides is 1. The van der Waals surface area contributed by atoms with Crippen LogP contribution in [0.4, 0.5) is 5.69 Å². The predicted octanol–water partition coefficient (Wildman–Crippen LogP) is 6.63. The molecule has 0 radical (unpaired) electrons. The number of rotatable bonds is 7. The number of carbonyl (C=O) groups is 2. The van der Waals surface area contributed by atoms with Gasteiger partial charge in [-0.2, -0.15) is 0 Å². The summed E-state index contributed by atoms with van der Waals surface area (Å²) in [6.45, 7) is 3.47. The highest BCUT2D eigenvalue weighted by Gasteiger charge is 2.23. The Morgan fingerprint density at radius 1 is 1.13 bits per heavy atom. The van der Waals surface area contributed by atoms with E-state index in [1.807, 2.05) is 13.8 Å². The Kier molecular flexibility index (Phi) is 7.40. The summed E-state index contributed by atoms with van der Waals surface area (Å²) < 4.78 is 7.08. The fourth-order valence-electron chi connectivity index (χ4n) is 2.93. The van der Waals surface area contributed by atoms with E-state index in [9.17, 15) is 19.8 Å². The van der Waals surface area contributed by atoms with Gasteiger partial charge in [0.25, 0.3) is 5.91 Å². The number of hydrogen-bond donors (Lipinski definition) is 2. The van der Waals surface area contributed by atoms with Crippen molar-refractivity contribution in [3.8, 4) is 17.2 Å². The van der Waals surface area contributed by atoms with Gasteiger partial charge in [0.2, 0.25) is 0 Å². The van der Waals surface area contributed by atoms with Crippen molar-refractivity contribution < 1.29 is 24.5 Å². The summed E-state index contributed by atoms with van der Waals surface area (Å²) in [6, 6.07) is 11.7. The molecule has 0 unspecified atom stereocenters. The average Bonchev–Trinajstić information content (AvgIpc) is 3.24. The summed E-state index contributed by atoms with van der Waals surface area (Å²) in [5.41, 5.74) is 1.16. The van der Waals surface area contributed by atoms with E-state index in [2.05, 4.69) is 31.9 Å². The molecule has 0 fully saturated rings. The SMILES string of the molecule is CC(C)c1cc(Oc2c(Br)cc(N(CC(=O)O)C(=O)c3cccs3)cc2Br)ccc1O. The number of phenols is 1. The molecule has 6 nitrogen and oxygen atoms in total. The lowest BCUT2D eigenvalue weighted by atomic mass is 10.0. The van der Waals surface area contributed by atoms with Crippen molar-refractivity contribution in [1.82, 2.24) is 0 Å². The minimum absolute atomic E-state index is 0.116. The zero-order valence-corrected chi connectivity index (χ0v) is 20.6. The third-order valence-corrected chi connectivity index (χ3v) is 6.44. The first-order chi connectivity index (χ1) is 14.7. The molecule has 1 amide bonds. The van der Waals surface area contributed by atoms with E-state index >= 15 is 0 Å². The van der Waals surface area contributed by atoms with Crippen LogP contribution in [0.15, 0.2) is 56.8 Å². The van der Waals surface area contributed by atoms with E-state index in [1.54, 1.807) is 47.8 Å². The molecule has 0 saturated carbocycles. The minimum Gasteiger partial charge on any atom is -0.508 e. The summed E-state index contributed by atoms with van der Waals surface area (Å²) in [5, 5.41) is 21.1. The third-order valence-electron chi connectivity index (χ3n) is 4.41. The van der Waals surface area contributed by atoms with Crippen molar-refractivity contribution in [3.63, 3.8) is 0 Å². The maximum absolute atomic E-state index is 12.9. The number of hydrogen-bond acceptors (Lipinski definition) is 5. The Morgan fingerprint density at radius 3 is 2.35 bits per heavy atom. The number of carbonyl (C=O) groups excluding carboxylic acids is 1. The van der Waals surface area contributed by atoms with Crippen LogP contribution in [0.2, 0.25) is 0 Å². The first-order valence-corrected chi connectivity index (χ1v) is 11.7. The minimum atomic E-state index is -1.12. The van der Waals surface area contributed by atoms with Crippen molar-refractivity contribution in [2.75, 3.05) is 11.4 Å². The van der Waals surface area contributed by atoms with E-state index in [0.717, 1.165) is 5.56 Å². The van der Waals surface area contributed by atoms with Crippen LogP contribution in [0, 0.1) is 0 Å². The van der Waals surface area contributed by atoms with Crippen molar-refractivity contribution >= 4 is 60.8 Å². The maximum Gasteiger partial charge on any atom is 0.323 e. The maximum atomic E-state index is 12.9. The molecule has 0 aliphatic heterocycles. The Hall–Kier alpha value is -2.36. The topological polar surface area (TPSA) is 87.1 Å². The number of aliphatic carboxylic acids is 1. The molecule has 162 valence electrons. The quantitative estimate of drug-likeness (QED) is 0.334. The molecule has 0 spiro atoms. The fourth-order valence-corrected chi connectivity index (χ4v) is 4.92. The van der Waals surface area contributed by atoms with Gasteiger partial charge in [0, 0.05) is 11.3 Å². The monoisotopic (exact) mass is 567 g/mol. The van der Waals surface area contributed by atoms with Crippen LogP contribution < -0.4 is 9.64 Å². The Morgan fingerprint density at radius 2 is 1.81 bits per heavy atom. The summed E-state index contributed by atoms with van der Waals surface area (Å²) in [5.74, 6) is -0.207. The number of benzene rings is 2. The van der Waals surface area contributed by atoms with E-state index in [0.29, 0.717) is 31.0 Å². The highest BCUT2D eigenvalue weighted by Crippen LogP contribution is 2.41. The second kappa shape index (κ2) is 9.84. The van der Waals surface area contributed by atoms with Crippen LogP contribution in [0.25, 0.3) is 0 Å². The lowest BCUT2D eigenvalue weighted by molar-refractivity contribution is -0.135. The zero-order valence-electron chi connectivity index (χ0n) is 16.6. The van der Waals surface area contributed by atoms with Crippen LogP contribution in [0.3, 0.4) is 0 Å². The van der Waals surface area contributed by atoms with E-state index in [-0.39, 0.29) is 11.7 Å². The van der Waals surface area contributed by atoms with Gasteiger partial charge in [-0.05, 0) is 79.6 Å². The number of anilines is 1. The highest BCUT2D eigenvalue weighted by atomic mass is 79.9. The molecular weight excluding hydrogens is 550 g/mol. The van der Waals surface area contributed by atoms with Gasteiger partial charge in [0.05, 0.1) is 13.8 Å². The Balaban J connectivity index is 1.96. The number of phenolic OH excluding ortho intramolecular Hbond substituents is 1. The molecule has 3 rings (SSSR count). The average molecular weight is 569 g/mol. The smallest absolute Gasteiger partial charge is 0.323 e. The molecule has 0 aliphatic carbocycles. The third kappa shape index (κ3) is 5.47. The van der Waals surface area contributed by atoms with E-state index < -0.39 is 18.4 Å². The highest BCUT2D eigenvalue weighted by molar-refractivity contribution is 9.11. The number of thiophene rings is 1. The van der Waals surface area contributed by atoms with Crippen molar-refractivity contribution in [1.29, 1.82) is 0 Å². The van der Waals surface area contributed by atoms with Gasteiger partial charge in [-0.15, -0.1) is 11.3 Å². The predicted molar refractivity (Wildman–Crippen MR) is 128 cm³/mol. The van der Waals surface area contributed by atoms with Crippen LogP contribution in [0.5, 0.6) is 17.2 Å². The lowest BCUT2D eigenvalue weighted by Gasteiger charge is -2.22. The summed E-state index contributed by atoms with van der Waals surface area (Å²) in [6.07, 6.45) is 0. The largest absolute Gasteiger partial charge is 0.508 e. The Bertz CT molecular complexity index is 1090.